The number of ether oxygens (including phenoxy) is 1. The van der Waals surface area contributed by atoms with Gasteiger partial charge in [-0.2, -0.15) is 0 Å². The molecule has 0 saturated carbocycles. The van der Waals surface area contributed by atoms with Gasteiger partial charge in [-0.05, 0) is 34.7 Å². The largest absolute Gasteiger partial charge is 0.496 e. The number of nitrogens with one attached hydrogen (secondary N) is 1. The molecule has 0 aromatic heterocycles. The fourth-order valence-electron chi connectivity index (χ4n) is 2.68. The Kier molecular flexibility index (Phi) is 6.03. The Morgan fingerprint density at radius 1 is 1.08 bits per heavy atom. The summed E-state index contributed by atoms with van der Waals surface area (Å²) in [4.78, 5) is 24.3. The van der Waals surface area contributed by atoms with Crippen LogP contribution < -0.4 is 15.8 Å². The number of nitrogens with two attached hydrogens (primary N) is 1. The van der Waals surface area contributed by atoms with E-state index in [2.05, 4.69) is 26.1 Å². The van der Waals surface area contributed by atoms with Crippen LogP contribution in [0, 0.1) is 0 Å². The van der Waals surface area contributed by atoms with E-state index in [-0.39, 0.29) is 17.7 Å². The number of hydrogen-bond acceptors (Lipinski definition) is 3. The first-order valence-corrected chi connectivity index (χ1v) is 8.55. The lowest BCUT2D eigenvalue weighted by Crippen LogP contribution is -2.45. The molecule has 0 radical (unpaired) electrons. The molecule has 0 unspecified atom stereocenters. The molecule has 0 spiro atoms. The van der Waals surface area contributed by atoms with Crippen molar-refractivity contribution in [2.24, 2.45) is 5.73 Å². The maximum Gasteiger partial charge on any atom is 0.251 e. The predicted octanol–water partition coefficient (Wildman–Crippen LogP) is 2.82. The highest BCUT2D eigenvalue weighted by Crippen LogP contribution is 2.22. The van der Waals surface area contributed by atoms with Gasteiger partial charge in [0.15, 0.2) is 0 Å². The van der Waals surface area contributed by atoms with Gasteiger partial charge in [0.2, 0.25) is 5.91 Å². The standard InChI is InChI=1S/C21H26N2O3/c1-21(2,3)16-11-9-14(10-12-16)20(25)23-17(19(22)24)13-15-7-5-6-8-18(15)26-4/h5-12,17H,13H2,1-4H3,(H2,22,24)(H,23,25)/t17-/m0/s1. The number of rotatable bonds is 6. The Morgan fingerprint density at radius 2 is 1.69 bits per heavy atom. The highest BCUT2D eigenvalue weighted by molar-refractivity contribution is 5.97. The topological polar surface area (TPSA) is 81.4 Å². The van der Waals surface area contributed by atoms with Crippen molar-refractivity contribution in [2.75, 3.05) is 7.11 Å². The third-order valence-electron chi connectivity index (χ3n) is 4.28. The molecule has 2 amide bonds. The van der Waals surface area contributed by atoms with Crippen LogP contribution in [0.3, 0.4) is 0 Å². The number of hydrogen-bond donors (Lipinski definition) is 2. The Hall–Kier alpha value is -2.82. The van der Waals surface area contributed by atoms with Crippen molar-refractivity contribution >= 4 is 11.8 Å². The molecule has 0 heterocycles. The summed E-state index contributed by atoms with van der Waals surface area (Å²) >= 11 is 0. The van der Waals surface area contributed by atoms with E-state index in [4.69, 9.17) is 10.5 Å². The molecule has 0 aliphatic rings. The van der Waals surface area contributed by atoms with Crippen LogP contribution in [0.5, 0.6) is 5.75 Å². The van der Waals surface area contributed by atoms with Gasteiger partial charge in [0, 0.05) is 12.0 Å². The van der Waals surface area contributed by atoms with Crippen molar-refractivity contribution in [2.45, 2.75) is 38.6 Å². The van der Waals surface area contributed by atoms with Gasteiger partial charge in [0.25, 0.3) is 5.91 Å². The van der Waals surface area contributed by atoms with Crippen molar-refractivity contribution in [3.8, 4) is 5.75 Å². The molecule has 0 saturated heterocycles. The van der Waals surface area contributed by atoms with Gasteiger partial charge in [-0.15, -0.1) is 0 Å². The van der Waals surface area contributed by atoms with Crippen LogP contribution in [0.4, 0.5) is 0 Å². The van der Waals surface area contributed by atoms with Crippen LogP contribution in [0.15, 0.2) is 48.5 Å². The summed E-state index contributed by atoms with van der Waals surface area (Å²) in [6.07, 6.45) is 0.269. The van der Waals surface area contributed by atoms with Gasteiger partial charge in [-0.1, -0.05) is 51.1 Å². The molecule has 2 aromatic carbocycles. The van der Waals surface area contributed by atoms with Gasteiger partial charge >= 0.3 is 0 Å². The van der Waals surface area contributed by atoms with E-state index in [1.54, 1.807) is 25.3 Å². The van der Waals surface area contributed by atoms with E-state index >= 15 is 0 Å². The maximum atomic E-state index is 12.5. The van der Waals surface area contributed by atoms with Crippen molar-refractivity contribution in [1.29, 1.82) is 0 Å². The molecule has 5 heteroatoms. The minimum absolute atomic E-state index is 0.00856. The first-order chi connectivity index (χ1) is 12.2. The number of carbonyl (C=O) groups excluding carboxylic acids is 2. The number of carbonyl (C=O) groups is 2. The summed E-state index contributed by atoms with van der Waals surface area (Å²) < 4.78 is 5.30. The number of benzene rings is 2. The van der Waals surface area contributed by atoms with Crippen LogP contribution in [0.2, 0.25) is 0 Å². The van der Waals surface area contributed by atoms with Crippen molar-refractivity contribution in [3.05, 3.63) is 65.2 Å². The highest BCUT2D eigenvalue weighted by atomic mass is 16.5. The van der Waals surface area contributed by atoms with Crippen molar-refractivity contribution < 1.29 is 14.3 Å². The molecular weight excluding hydrogens is 328 g/mol. The summed E-state index contributed by atoms with van der Waals surface area (Å²) in [5.74, 6) is -0.262. The third kappa shape index (κ3) is 4.85. The summed E-state index contributed by atoms with van der Waals surface area (Å²) in [7, 11) is 1.56. The molecule has 3 N–H and O–H groups in total. The zero-order valence-electron chi connectivity index (χ0n) is 15.7. The smallest absolute Gasteiger partial charge is 0.251 e. The molecule has 0 bridgehead atoms. The predicted molar refractivity (Wildman–Crippen MR) is 102 cm³/mol. The van der Waals surface area contributed by atoms with E-state index in [0.717, 1.165) is 11.1 Å². The van der Waals surface area contributed by atoms with E-state index in [0.29, 0.717) is 11.3 Å². The second kappa shape index (κ2) is 8.04. The first-order valence-electron chi connectivity index (χ1n) is 8.55. The maximum absolute atomic E-state index is 12.5. The highest BCUT2D eigenvalue weighted by Gasteiger charge is 2.21. The number of primary amides is 1. The quantitative estimate of drug-likeness (QED) is 0.837. The normalized spacial score (nSPS) is 12.3. The van der Waals surface area contributed by atoms with E-state index < -0.39 is 11.9 Å². The Bertz CT molecular complexity index is 777. The van der Waals surface area contributed by atoms with Crippen molar-refractivity contribution in [1.82, 2.24) is 5.32 Å². The molecular formula is C21H26N2O3. The lowest BCUT2D eigenvalue weighted by molar-refractivity contribution is -0.119. The Balaban J connectivity index is 2.14. The SMILES string of the molecule is COc1ccccc1C[C@H](NC(=O)c1ccc(C(C)(C)C)cc1)C(N)=O. The summed E-state index contributed by atoms with van der Waals surface area (Å²) in [5.41, 5.74) is 7.93. The third-order valence-corrected chi connectivity index (χ3v) is 4.28. The average Bonchev–Trinajstić information content (AvgIpc) is 2.60. The van der Waals surface area contributed by atoms with Crippen LogP contribution in [-0.4, -0.2) is 25.0 Å². The molecule has 0 aliphatic heterocycles. The fourth-order valence-corrected chi connectivity index (χ4v) is 2.68. The molecule has 5 nitrogen and oxygen atoms in total. The molecule has 26 heavy (non-hydrogen) atoms. The van der Waals surface area contributed by atoms with Gasteiger partial charge in [-0.3, -0.25) is 9.59 Å². The van der Waals surface area contributed by atoms with Gasteiger partial charge in [0.05, 0.1) is 7.11 Å². The van der Waals surface area contributed by atoms with E-state index in [9.17, 15) is 9.59 Å². The zero-order chi connectivity index (χ0) is 19.3. The number of methoxy groups -OCH3 is 1. The second-order valence-corrected chi connectivity index (χ2v) is 7.27. The first kappa shape index (κ1) is 19.5. The Labute approximate surface area is 154 Å². The minimum atomic E-state index is -0.818. The van der Waals surface area contributed by atoms with Gasteiger partial charge in [-0.25, -0.2) is 0 Å². The van der Waals surface area contributed by atoms with Gasteiger partial charge < -0.3 is 15.8 Å². The van der Waals surface area contributed by atoms with Crippen LogP contribution in [-0.2, 0) is 16.6 Å². The molecule has 0 aliphatic carbocycles. The lowest BCUT2D eigenvalue weighted by atomic mass is 9.86. The van der Waals surface area contributed by atoms with Crippen molar-refractivity contribution in [3.63, 3.8) is 0 Å². The summed E-state index contributed by atoms with van der Waals surface area (Å²) in [5, 5.41) is 2.72. The summed E-state index contributed by atoms with van der Waals surface area (Å²) in [6.45, 7) is 6.33. The zero-order valence-corrected chi connectivity index (χ0v) is 15.7. The molecule has 138 valence electrons. The monoisotopic (exact) mass is 354 g/mol. The molecule has 1 atom stereocenters. The minimum Gasteiger partial charge on any atom is -0.496 e. The average molecular weight is 354 g/mol. The van der Waals surface area contributed by atoms with Crippen LogP contribution in [0.1, 0.15) is 42.3 Å². The fraction of sp³-hybridized carbons (Fsp3) is 0.333. The summed E-state index contributed by atoms with van der Waals surface area (Å²) in [6, 6.07) is 13.9. The van der Waals surface area contributed by atoms with E-state index in [1.807, 2.05) is 30.3 Å². The van der Waals surface area contributed by atoms with Crippen LogP contribution >= 0.6 is 0 Å². The van der Waals surface area contributed by atoms with Crippen LogP contribution in [0.25, 0.3) is 0 Å². The Morgan fingerprint density at radius 3 is 2.23 bits per heavy atom. The lowest BCUT2D eigenvalue weighted by Gasteiger charge is -2.20. The van der Waals surface area contributed by atoms with E-state index in [1.165, 1.54) is 0 Å². The number of para-hydroxylation sites is 1. The number of amides is 2. The molecule has 2 aromatic rings. The van der Waals surface area contributed by atoms with Gasteiger partial charge in [0.1, 0.15) is 11.8 Å². The second-order valence-electron chi connectivity index (χ2n) is 7.27. The molecule has 2 rings (SSSR count). The molecule has 0 fully saturated rings.